The van der Waals surface area contributed by atoms with Gasteiger partial charge in [-0.1, -0.05) is 30.3 Å². The maximum atomic E-state index is 13.2. The number of hydrogen-bond donors (Lipinski definition) is 1. The van der Waals surface area contributed by atoms with E-state index in [4.69, 9.17) is 9.47 Å². The van der Waals surface area contributed by atoms with Crippen LogP contribution in [0, 0.1) is 5.92 Å². The molecule has 1 N–H and O–H groups in total. The molecule has 1 saturated heterocycles. The van der Waals surface area contributed by atoms with Gasteiger partial charge in [0.2, 0.25) is 0 Å². The Kier molecular flexibility index (Phi) is 6.98. The first kappa shape index (κ1) is 23.6. The number of hydrogen-bond acceptors (Lipinski definition) is 3. The maximum Gasteiger partial charge on any atom is 0.416 e. The predicted octanol–water partition coefficient (Wildman–Crippen LogP) is 5.94. The van der Waals surface area contributed by atoms with Gasteiger partial charge in [0.15, 0.2) is 6.29 Å². The number of ether oxygens (including phenoxy) is 2. The van der Waals surface area contributed by atoms with Crippen LogP contribution >= 0.6 is 0 Å². The van der Waals surface area contributed by atoms with E-state index in [0.717, 1.165) is 5.56 Å². The van der Waals surface area contributed by atoms with Crippen molar-refractivity contribution >= 4 is 0 Å². The summed E-state index contributed by atoms with van der Waals surface area (Å²) in [5.41, 5.74) is -2.25. The van der Waals surface area contributed by atoms with Gasteiger partial charge in [0.25, 0.3) is 0 Å². The van der Waals surface area contributed by atoms with E-state index < -0.39 is 41.8 Å². The van der Waals surface area contributed by atoms with E-state index >= 15 is 0 Å². The highest BCUT2D eigenvalue weighted by Gasteiger charge is 2.39. The maximum absolute atomic E-state index is 13.2. The molecule has 2 aromatic carbocycles. The molecule has 0 saturated carbocycles. The standard InChI is InChI=1S/C22H22F6O3/c1-13(16-9-17(21(23,24)25)11-18(10-16)22(26,27)28)31-20-19(14-5-3-2-4-6-14)15(12-29)7-8-30-20/h2-6,9-11,13,15,19-20,29H,7-8,12H2,1H3/t13?,15-,19-,20+/m0/s1. The Morgan fingerprint density at radius 3 is 2.10 bits per heavy atom. The Morgan fingerprint density at radius 1 is 1.00 bits per heavy atom. The zero-order valence-corrected chi connectivity index (χ0v) is 16.6. The van der Waals surface area contributed by atoms with Crippen LogP contribution in [-0.2, 0) is 21.8 Å². The summed E-state index contributed by atoms with van der Waals surface area (Å²) in [6.45, 7) is 1.48. The third kappa shape index (κ3) is 5.58. The van der Waals surface area contributed by atoms with E-state index in [-0.39, 0.29) is 30.8 Å². The van der Waals surface area contributed by atoms with Crippen LogP contribution < -0.4 is 0 Å². The Labute approximate surface area is 175 Å². The third-order valence-electron chi connectivity index (χ3n) is 5.41. The van der Waals surface area contributed by atoms with Crippen molar-refractivity contribution in [2.45, 2.75) is 44.0 Å². The number of aliphatic hydroxyl groups is 1. The monoisotopic (exact) mass is 448 g/mol. The van der Waals surface area contributed by atoms with Gasteiger partial charge >= 0.3 is 12.4 Å². The smallest absolute Gasteiger partial charge is 0.396 e. The van der Waals surface area contributed by atoms with Crippen LogP contribution in [0.1, 0.15) is 47.6 Å². The first-order valence-electron chi connectivity index (χ1n) is 9.73. The minimum Gasteiger partial charge on any atom is -0.396 e. The highest BCUT2D eigenvalue weighted by Crippen LogP contribution is 2.41. The fourth-order valence-electron chi connectivity index (χ4n) is 3.77. The molecule has 0 amide bonds. The van der Waals surface area contributed by atoms with Crippen molar-refractivity contribution in [1.82, 2.24) is 0 Å². The average molecular weight is 448 g/mol. The minimum atomic E-state index is -4.94. The Morgan fingerprint density at radius 2 is 1.58 bits per heavy atom. The van der Waals surface area contributed by atoms with Gasteiger partial charge < -0.3 is 14.6 Å². The lowest BCUT2D eigenvalue weighted by Gasteiger charge is -2.38. The molecule has 1 aliphatic rings. The molecule has 0 spiro atoms. The van der Waals surface area contributed by atoms with E-state index in [9.17, 15) is 31.4 Å². The molecule has 4 atom stereocenters. The van der Waals surface area contributed by atoms with Gasteiger partial charge in [-0.2, -0.15) is 26.3 Å². The first-order valence-corrected chi connectivity index (χ1v) is 9.73. The summed E-state index contributed by atoms with van der Waals surface area (Å²) in [6.07, 6.45) is -11.4. The van der Waals surface area contributed by atoms with Crippen molar-refractivity contribution in [2.24, 2.45) is 5.92 Å². The number of benzene rings is 2. The zero-order chi connectivity index (χ0) is 22.8. The summed E-state index contributed by atoms with van der Waals surface area (Å²) in [4.78, 5) is 0. The van der Waals surface area contributed by atoms with Crippen molar-refractivity contribution in [3.05, 3.63) is 70.8 Å². The molecule has 31 heavy (non-hydrogen) atoms. The van der Waals surface area contributed by atoms with Crippen molar-refractivity contribution < 1.29 is 40.9 Å². The number of rotatable bonds is 5. The van der Waals surface area contributed by atoms with Gasteiger partial charge in [0.1, 0.15) is 0 Å². The summed E-state index contributed by atoms with van der Waals surface area (Å²) in [5.74, 6) is -0.643. The fourth-order valence-corrected chi connectivity index (χ4v) is 3.77. The van der Waals surface area contributed by atoms with Crippen LogP contribution in [0.4, 0.5) is 26.3 Å². The second-order valence-corrected chi connectivity index (χ2v) is 7.52. The highest BCUT2D eigenvalue weighted by molar-refractivity contribution is 5.34. The van der Waals surface area contributed by atoms with E-state index in [1.165, 1.54) is 6.92 Å². The molecule has 3 nitrogen and oxygen atoms in total. The van der Waals surface area contributed by atoms with Crippen molar-refractivity contribution in [1.29, 1.82) is 0 Å². The normalized spacial score (nSPS) is 23.5. The molecule has 0 aromatic heterocycles. The van der Waals surface area contributed by atoms with Crippen molar-refractivity contribution in [2.75, 3.05) is 13.2 Å². The molecule has 0 bridgehead atoms. The van der Waals surface area contributed by atoms with Gasteiger partial charge in [-0.3, -0.25) is 0 Å². The van der Waals surface area contributed by atoms with Gasteiger partial charge in [-0.15, -0.1) is 0 Å². The second kappa shape index (κ2) is 9.18. The lowest BCUT2D eigenvalue weighted by Crippen LogP contribution is -2.38. The highest BCUT2D eigenvalue weighted by atomic mass is 19.4. The average Bonchev–Trinajstić information content (AvgIpc) is 2.72. The number of halogens is 6. The Balaban J connectivity index is 1.92. The summed E-state index contributed by atoms with van der Waals surface area (Å²) in [5, 5.41) is 9.78. The largest absolute Gasteiger partial charge is 0.416 e. The second-order valence-electron chi connectivity index (χ2n) is 7.52. The third-order valence-corrected chi connectivity index (χ3v) is 5.41. The number of alkyl halides is 6. The van der Waals surface area contributed by atoms with Crippen LogP contribution in [0.15, 0.2) is 48.5 Å². The van der Waals surface area contributed by atoms with Crippen LogP contribution in [0.5, 0.6) is 0 Å². The van der Waals surface area contributed by atoms with Gasteiger partial charge in [-0.05, 0) is 48.6 Å². The molecule has 1 aliphatic heterocycles. The SMILES string of the molecule is CC(O[C@H]1OCC[C@@H](CO)[C@@H]1c1ccccc1)c1cc(C(F)(F)F)cc(C(F)(F)F)c1. The zero-order valence-electron chi connectivity index (χ0n) is 16.6. The predicted molar refractivity (Wildman–Crippen MR) is 100 cm³/mol. The molecule has 1 unspecified atom stereocenters. The van der Waals surface area contributed by atoms with Crippen molar-refractivity contribution in [3.8, 4) is 0 Å². The topological polar surface area (TPSA) is 38.7 Å². The molecule has 3 rings (SSSR count). The number of aliphatic hydroxyl groups excluding tert-OH is 1. The molecule has 1 fully saturated rings. The lowest BCUT2D eigenvalue weighted by molar-refractivity contribution is -0.212. The molecular formula is C22H22F6O3. The van der Waals surface area contributed by atoms with Gasteiger partial charge in [0, 0.05) is 12.5 Å². The molecule has 0 radical (unpaired) electrons. The Hall–Kier alpha value is -2.10. The van der Waals surface area contributed by atoms with Crippen molar-refractivity contribution in [3.63, 3.8) is 0 Å². The molecule has 2 aromatic rings. The quantitative estimate of drug-likeness (QED) is 0.576. The molecule has 0 aliphatic carbocycles. The van der Waals surface area contributed by atoms with Crippen LogP contribution in [0.25, 0.3) is 0 Å². The minimum absolute atomic E-state index is 0.0852. The van der Waals surface area contributed by atoms with E-state index in [2.05, 4.69) is 0 Å². The van der Waals surface area contributed by atoms with E-state index in [1.807, 2.05) is 12.1 Å². The molecular weight excluding hydrogens is 426 g/mol. The fraction of sp³-hybridized carbons (Fsp3) is 0.455. The Bertz CT molecular complexity index is 834. The summed E-state index contributed by atoms with van der Waals surface area (Å²) < 4.78 is 90.6. The van der Waals surface area contributed by atoms with Crippen LogP contribution in [0.2, 0.25) is 0 Å². The molecule has 1 heterocycles. The van der Waals surface area contributed by atoms with Gasteiger partial charge in [-0.25, -0.2) is 0 Å². The van der Waals surface area contributed by atoms with Crippen LogP contribution in [0.3, 0.4) is 0 Å². The summed E-state index contributed by atoms with van der Waals surface area (Å²) in [7, 11) is 0. The summed E-state index contributed by atoms with van der Waals surface area (Å²) >= 11 is 0. The molecule has 9 heteroatoms. The molecule has 170 valence electrons. The van der Waals surface area contributed by atoms with Gasteiger partial charge in [0.05, 0.1) is 23.8 Å². The first-order chi connectivity index (χ1) is 14.5. The van der Waals surface area contributed by atoms with E-state index in [1.54, 1.807) is 18.2 Å². The van der Waals surface area contributed by atoms with Crippen LogP contribution in [-0.4, -0.2) is 24.6 Å². The summed E-state index contributed by atoms with van der Waals surface area (Å²) in [6, 6.07) is 10.4. The lowest BCUT2D eigenvalue weighted by atomic mass is 9.82. The van der Waals surface area contributed by atoms with E-state index in [0.29, 0.717) is 18.6 Å².